The summed E-state index contributed by atoms with van der Waals surface area (Å²) in [6.07, 6.45) is 2.67. The van der Waals surface area contributed by atoms with Crippen molar-refractivity contribution in [1.29, 1.82) is 0 Å². The molecule has 4 heteroatoms. The van der Waals surface area contributed by atoms with Crippen LogP contribution in [0.5, 0.6) is 0 Å². The molecule has 1 rings (SSSR count). The summed E-state index contributed by atoms with van der Waals surface area (Å²) in [6, 6.07) is 8.15. The minimum atomic E-state index is -0.608. The Kier molecular flexibility index (Phi) is 10.8. The Morgan fingerprint density at radius 1 is 1.12 bits per heavy atom. The van der Waals surface area contributed by atoms with Crippen LogP contribution < -0.4 is 0 Å². The second kappa shape index (κ2) is 11.1. The number of hydrogen-bond acceptors (Lipinski definition) is 3. The maximum absolute atomic E-state index is 12.4. The van der Waals surface area contributed by atoms with Crippen molar-refractivity contribution < 1.29 is 12.6 Å². The first-order valence-electron chi connectivity index (χ1n) is 8.64. The number of methoxy groups -OCH3 is 1. The molecule has 3 nitrogen and oxygen atoms in total. The van der Waals surface area contributed by atoms with Crippen LogP contribution in [-0.2, 0) is 18.0 Å². The summed E-state index contributed by atoms with van der Waals surface area (Å²) in [4.78, 5) is 12.4. The predicted octanol–water partition coefficient (Wildman–Crippen LogP) is 6.02. The van der Waals surface area contributed by atoms with E-state index >= 15 is 0 Å². The zero-order valence-corrected chi connectivity index (χ0v) is 18.4. The number of rotatable bonds is 8. The fourth-order valence-electron chi connectivity index (χ4n) is 2.61. The largest absolute Gasteiger partial charge is 0.468 e. The second-order valence-electron chi connectivity index (χ2n) is 6.92. The maximum atomic E-state index is 12.4. The van der Waals surface area contributed by atoms with Gasteiger partial charge < -0.3 is 7.80 Å². The van der Waals surface area contributed by atoms with Gasteiger partial charge in [-0.25, -0.2) is 0 Å². The summed E-state index contributed by atoms with van der Waals surface area (Å²) in [5.74, 6) is -0.168. The normalized spacial score (nSPS) is 13.5. The summed E-state index contributed by atoms with van der Waals surface area (Å²) in [5.41, 5.74) is 1.71. The molecule has 1 aromatic rings. The third-order valence-corrected chi connectivity index (χ3v) is 4.89. The van der Waals surface area contributed by atoms with Crippen molar-refractivity contribution in [3.05, 3.63) is 35.4 Å². The molecule has 0 fully saturated rings. The van der Waals surface area contributed by atoms with Gasteiger partial charge in [0.05, 0.1) is 19.1 Å². The van der Waals surface area contributed by atoms with Gasteiger partial charge in [-0.1, -0.05) is 57.5 Å². The van der Waals surface area contributed by atoms with Crippen LogP contribution >= 0.6 is 23.0 Å². The van der Waals surface area contributed by atoms with E-state index in [2.05, 4.69) is 19.9 Å². The van der Waals surface area contributed by atoms with Crippen molar-refractivity contribution in [3.8, 4) is 0 Å². The molecule has 0 aliphatic heterocycles. The Labute approximate surface area is 162 Å². The molecule has 1 unspecified atom stereocenters. The van der Waals surface area contributed by atoms with Gasteiger partial charge in [0.2, 0.25) is 0 Å². The lowest BCUT2D eigenvalue weighted by Crippen LogP contribution is -2.35. The number of benzene rings is 1. The third-order valence-electron chi connectivity index (χ3n) is 4.45. The van der Waals surface area contributed by atoms with Crippen LogP contribution in [0.2, 0.25) is 0 Å². The zero-order valence-electron chi connectivity index (χ0n) is 16.2. The van der Waals surface area contributed by atoms with E-state index in [1.807, 2.05) is 68.9 Å². The molecular formula is C20H33IO3. The van der Waals surface area contributed by atoms with Crippen LogP contribution in [0.4, 0.5) is 0 Å². The molecule has 0 spiro atoms. The van der Waals surface area contributed by atoms with E-state index in [-0.39, 0.29) is 11.4 Å². The Morgan fingerprint density at radius 3 is 2.25 bits per heavy atom. The van der Waals surface area contributed by atoms with Gasteiger partial charge in [-0.2, -0.15) is 0 Å². The monoisotopic (exact) mass is 448 g/mol. The molecule has 0 saturated carbocycles. The first-order valence-corrected chi connectivity index (χ1v) is 9.52. The van der Waals surface area contributed by atoms with Gasteiger partial charge in [0.15, 0.2) is 0 Å². The predicted molar refractivity (Wildman–Crippen MR) is 109 cm³/mol. The standard InChI is InChI=1S/C18H27IO3.C2H6/c1-14-7-6-8-15(13-14)18(4,16(20)21-5)10-9-17(2,3)11-12-22-19;1-2/h6-8,13H,9-12H2,1-5H3;1-2H3. The average Bonchev–Trinajstić information content (AvgIpc) is 2.59. The molecule has 0 aromatic heterocycles. The van der Waals surface area contributed by atoms with Gasteiger partial charge >= 0.3 is 5.97 Å². The molecule has 24 heavy (non-hydrogen) atoms. The highest BCUT2D eigenvalue weighted by atomic mass is 127. The lowest BCUT2D eigenvalue weighted by Gasteiger charge is -2.32. The number of ether oxygens (including phenoxy) is 1. The topological polar surface area (TPSA) is 35.5 Å². The second-order valence-corrected chi connectivity index (χ2v) is 7.54. The molecule has 0 bridgehead atoms. The van der Waals surface area contributed by atoms with E-state index in [9.17, 15) is 4.79 Å². The minimum absolute atomic E-state index is 0.129. The van der Waals surface area contributed by atoms with Crippen molar-refractivity contribution in [2.24, 2.45) is 5.41 Å². The summed E-state index contributed by atoms with van der Waals surface area (Å²) in [7, 11) is 1.46. The lowest BCUT2D eigenvalue weighted by molar-refractivity contribution is -0.147. The fraction of sp³-hybridized carbons (Fsp3) is 0.650. The molecular weight excluding hydrogens is 415 g/mol. The van der Waals surface area contributed by atoms with Gasteiger partial charge in [0.25, 0.3) is 0 Å². The zero-order chi connectivity index (χ0) is 18.8. The quantitative estimate of drug-likeness (QED) is 0.361. The molecule has 1 aromatic carbocycles. The van der Waals surface area contributed by atoms with Gasteiger partial charge in [0.1, 0.15) is 23.0 Å². The highest BCUT2D eigenvalue weighted by molar-refractivity contribution is 14.1. The molecule has 0 N–H and O–H groups in total. The Bertz CT molecular complexity index is 499. The smallest absolute Gasteiger partial charge is 0.315 e. The molecule has 0 saturated heterocycles. The molecule has 0 heterocycles. The number of esters is 1. The average molecular weight is 448 g/mol. The molecule has 0 aliphatic carbocycles. The first-order chi connectivity index (χ1) is 11.2. The molecule has 1 atom stereocenters. The third kappa shape index (κ3) is 7.09. The van der Waals surface area contributed by atoms with Gasteiger partial charge in [0, 0.05) is 0 Å². The van der Waals surface area contributed by atoms with E-state index in [0.29, 0.717) is 0 Å². The lowest BCUT2D eigenvalue weighted by atomic mass is 9.73. The highest BCUT2D eigenvalue weighted by Crippen LogP contribution is 2.37. The minimum Gasteiger partial charge on any atom is -0.468 e. The maximum Gasteiger partial charge on any atom is 0.315 e. The Balaban J connectivity index is 0.00000254. The summed E-state index contributed by atoms with van der Waals surface area (Å²) in [6.45, 7) is 13.2. The van der Waals surface area contributed by atoms with Crippen molar-refractivity contribution in [2.45, 2.75) is 66.2 Å². The van der Waals surface area contributed by atoms with Crippen LogP contribution in [-0.4, -0.2) is 19.7 Å². The fourth-order valence-corrected chi connectivity index (χ4v) is 2.83. The van der Waals surface area contributed by atoms with Crippen LogP contribution in [0.15, 0.2) is 24.3 Å². The van der Waals surface area contributed by atoms with Gasteiger partial charge in [-0.15, -0.1) is 0 Å². The molecule has 0 radical (unpaired) electrons. The van der Waals surface area contributed by atoms with E-state index < -0.39 is 5.41 Å². The summed E-state index contributed by atoms with van der Waals surface area (Å²) < 4.78 is 10.2. The van der Waals surface area contributed by atoms with Crippen molar-refractivity contribution >= 4 is 29.0 Å². The summed E-state index contributed by atoms with van der Waals surface area (Å²) >= 11 is 1.93. The number of hydrogen-bond donors (Lipinski definition) is 0. The Hall–Kier alpha value is -0.620. The van der Waals surface area contributed by atoms with Crippen molar-refractivity contribution in [3.63, 3.8) is 0 Å². The number of aryl methyl sites for hydroxylation is 1. The summed E-state index contributed by atoms with van der Waals surface area (Å²) in [5, 5.41) is 0. The van der Waals surface area contributed by atoms with Crippen LogP contribution in [0.25, 0.3) is 0 Å². The molecule has 0 amide bonds. The van der Waals surface area contributed by atoms with E-state index in [0.717, 1.165) is 37.0 Å². The first kappa shape index (κ1) is 23.4. The van der Waals surface area contributed by atoms with Crippen LogP contribution in [0.1, 0.15) is 65.0 Å². The molecule has 0 aliphatic rings. The van der Waals surface area contributed by atoms with Crippen molar-refractivity contribution in [1.82, 2.24) is 0 Å². The highest BCUT2D eigenvalue weighted by Gasteiger charge is 2.37. The van der Waals surface area contributed by atoms with Crippen LogP contribution in [0.3, 0.4) is 0 Å². The van der Waals surface area contributed by atoms with Gasteiger partial charge in [-0.3, -0.25) is 4.79 Å². The van der Waals surface area contributed by atoms with Crippen molar-refractivity contribution in [2.75, 3.05) is 13.7 Å². The SMILES string of the molecule is CC.COC(=O)C(C)(CCC(C)(C)CCOI)c1cccc(C)c1. The number of halogens is 1. The van der Waals surface area contributed by atoms with E-state index in [1.165, 1.54) is 7.11 Å². The van der Waals surface area contributed by atoms with Gasteiger partial charge in [-0.05, 0) is 44.1 Å². The van der Waals surface area contributed by atoms with Crippen LogP contribution in [0, 0.1) is 12.3 Å². The molecule has 138 valence electrons. The van der Waals surface area contributed by atoms with E-state index in [4.69, 9.17) is 7.80 Å². The number of carbonyl (C=O) groups is 1. The Morgan fingerprint density at radius 2 is 1.75 bits per heavy atom. The van der Waals surface area contributed by atoms with E-state index in [1.54, 1.807) is 0 Å². The number of carbonyl (C=O) groups excluding carboxylic acids is 1.